The third kappa shape index (κ3) is 3.15. The first-order valence-corrected chi connectivity index (χ1v) is 6.67. The minimum Gasteiger partial charge on any atom is -0.395 e. The number of hydrogen-bond acceptors (Lipinski definition) is 3. The molecule has 1 atom stereocenters. The van der Waals surface area contributed by atoms with Crippen molar-refractivity contribution in [1.82, 2.24) is 4.57 Å². The van der Waals surface area contributed by atoms with E-state index in [2.05, 4.69) is 0 Å². The van der Waals surface area contributed by atoms with Gasteiger partial charge in [0.05, 0.1) is 6.61 Å². The van der Waals surface area contributed by atoms with E-state index in [4.69, 9.17) is 10.8 Å². The molecule has 0 spiro atoms. The van der Waals surface area contributed by atoms with Crippen molar-refractivity contribution in [2.75, 3.05) is 6.61 Å². The van der Waals surface area contributed by atoms with Gasteiger partial charge in [0, 0.05) is 24.0 Å². The van der Waals surface area contributed by atoms with Gasteiger partial charge in [-0.2, -0.15) is 0 Å². The molecule has 106 valence electrons. The molecule has 0 aliphatic rings. The van der Waals surface area contributed by atoms with E-state index in [-0.39, 0.29) is 18.2 Å². The van der Waals surface area contributed by atoms with Crippen LogP contribution in [0.15, 0.2) is 41.3 Å². The van der Waals surface area contributed by atoms with Crippen LogP contribution >= 0.6 is 0 Å². The summed E-state index contributed by atoms with van der Waals surface area (Å²) in [5.41, 5.74) is 9.76. The molecule has 0 saturated carbocycles. The zero-order valence-corrected chi connectivity index (χ0v) is 11.8. The second-order valence-electron chi connectivity index (χ2n) is 5.17. The van der Waals surface area contributed by atoms with Crippen molar-refractivity contribution in [3.8, 4) is 5.69 Å². The summed E-state index contributed by atoms with van der Waals surface area (Å²) >= 11 is 0. The molecule has 20 heavy (non-hydrogen) atoms. The van der Waals surface area contributed by atoms with Crippen LogP contribution in [0.4, 0.5) is 0 Å². The predicted molar refractivity (Wildman–Crippen MR) is 80.3 cm³/mol. The summed E-state index contributed by atoms with van der Waals surface area (Å²) in [6, 6.07) is 8.98. The highest BCUT2D eigenvalue weighted by atomic mass is 16.3. The van der Waals surface area contributed by atoms with Crippen molar-refractivity contribution in [3.05, 3.63) is 63.6 Å². The topological polar surface area (TPSA) is 68.2 Å². The highest BCUT2D eigenvalue weighted by molar-refractivity contribution is 5.41. The van der Waals surface area contributed by atoms with Crippen molar-refractivity contribution in [1.29, 1.82) is 0 Å². The first-order chi connectivity index (χ1) is 9.51. The van der Waals surface area contributed by atoms with E-state index < -0.39 is 0 Å². The van der Waals surface area contributed by atoms with E-state index in [9.17, 15) is 4.79 Å². The average molecular weight is 272 g/mol. The fourth-order valence-electron chi connectivity index (χ4n) is 2.20. The number of nitrogens with zero attached hydrogens (tertiary/aromatic N) is 1. The van der Waals surface area contributed by atoms with Crippen LogP contribution in [0.1, 0.15) is 16.7 Å². The molecule has 0 aliphatic heterocycles. The first-order valence-electron chi connectivity index (χ1n) is 6.67. The maximum atomic E-state index is 11.9. The zero-order valence-electron chi connectivity index (χ0n) is 11.8. The SMILES string of the molecule is Cc1ccc(=O)n(-c2ccc(CC(N)CO)c(C)c2)c1. The second kappa shape index (κ2) is 6.03. The molecule has 1 aromatic heterocycles. The van der Waals surface area contributed by atoms with E-state index in [0.717, 1.165) is 22.4 Å². The van der Waals surface area contributed by atoms with Crippen LogP contribution < -0.4 is 11.3 Å². The largest absolute Gasteiger partial charge is 0.395 e. The summed E-state index contributed by atoms with van der Waals surface area (Å²) in [5, 5.41) is 9.02. The quantitative estimate of drug-likeness (QED) is 0.882. The van der Waals surface area contributed by atoms with Gasteiger partial charge >= 0.3 is 0 Å². The summed E-state index contributed by atoms with van der Waals surface area (Å²) in [6.07, 6.45) is 2.46. The Morgan fingerprint density at radius 1 is 1.25 bits per heavy atom. The molecule has 2 aromatic rings. The van der Waals surface area contributed by atoms with E-state index >= 15 is 0 Å². The molecular weight excluding hydrogens is 252 g/mol. The molecule has 0 amide bonds. The summed E-state index contributed by atoms with van der Waals surface area (Å²) in [7, 11) is 0. The van der Waals surface area contributed by atoms with Crippen molar-refractivity contribution in [2.45, 2.75) is 26.3 Å². The maximum Gasteiger partial charge on any atom is 0.255 e. The Labute approximate surface area is 118 Å². The summed E-state index contributed by atoms with van der Waals surface area (Å²) < 4.78 is 1.64. The fraction of sp³-hybridized carbons (Fsp3) is 0.312. The molecule has 1 heterocycles. The lowest BCUT2D eigenvalue weighted by Crippen LogP contribution is -2.27. The Morgan fingerprint density at radius 2 is 2.00 bits per heavy atom. The van der Waals surface area contributed by atoms with Gasteiger partial charge in [-0.1, -0.05) is 12.1 Å². The highest BCUT2D eigenvalue weighted by Gasteiger charge is 2.07. The lowest BCUT2D eigenvalue weighted by atomic mass is 10.0. The number of nitrogens with two attached hydrogens (primary N) is 1. The average Bonchev–Trinajstić information content (AvgIpc) is 2.43. The van der Waals surface area contributed by atoms with Gasteiger partial charge in [-0.15, -0.1) is 0 Å². The minimum absolute atomic E-state index is 0.0292. The first kappa shape index (κ1) is 14.5. The van der Waals surface area contributed by atoms with Crippen molar-refractivity contribution < 1.29 is 5.11 Å². The van der Waals surface area contributed by atoms with E-state index in [1.165, 1.54) is 0 Å². The standard InChI is InChI=1S/C16H20N2O2/c1-11-3-6-16(20)18(9-11)15-5-4-13(12(2)7-15)8-14(17)10-19/h3-7,9,14,19H,8,10,17H2,1-2H3. The maximum absolute atomic E-state index is 11.9. The molecule has 1 unspecified atom stereocenters. The van der Waals surface area contributed by atoms with Gasteiger partial charge in [0.2, 0.25) is 0 Å². The fourth-order valence-corrected chi connectivity index (χ4v) is 2.20. The van der Waals surface area contributed by atoms with Crippen molar-refractivity contribution in [2.24, 2.45) is 5.73 Å². The molecule has 0 saturated heterocycles. The zero-order chi connectivity index (χ0) is 14.7. The normalized spacial score (nSPS) is 12.4. The predicted octanol–water partition coefficient (Wildman–Crippen LogP) is 1.32. The Balaban J connectivity index is 2.38. The van der Waals surface area contributed by atoms with Crippen molar-refractivity contribution in [3.63, 3.8) is 0 Å². The summed E-state index contributed by atoms with van der Waals surface area (Å²) in [6.45, 7) is 3.92. The summed E-state index contributed by atoms with van der Waals surface area (Å²) in [4.78, 5) is 11.9. The second-order valence-corrected chi connectivity index (χ2v) is 5.17. The van der Waals surface area contributed by atoms with Crippen molar-refractivity contribution >= 4 is 0 Å². The van der Waals surface area contributed by atoms with Crippen LogP contribution in [0.2, 0.25) is 0 Å². The van der Waals surface area contributed by atoms with Crippen LogP contribution in [0.3, 0.4) is 0 Å². The van der Waals surface area contributed by atoms with Gasteiger partial charge in [-0.3, -0.25) is 9.36 Å². The molecule has 0 bridgehead atoms. The highest BCUT2D eigenvalue weighted by Crippen LogP contribution is 2.15. The van der Waals surface area contributed by atoms with Gasteiger partial charge in [-0.05, 0) is 49.1 Å². The molecule has 4 heteroatoms. The number of benzene rings is 1. The monoisotopic (exact) mass is 272 g/mol. The Bertz CT molecular complexity index is 662. The van der Waals surface area contributed by atoms with Gasteiger partial charge in [0.1, 0.15) is 0 Å². The third-order valence-corrected chi connectivity index (χ3v) is 3.38. The number of hydrogen-bond donors (Lipinski definition) is 2. The molecule has 3 N–H and O–H groups in total. The van der Waals surface area contributed by atoms with Gasteiger partial charge in [-0.25, -0.2) is 0 Å². The van der Waals surface area contributed by atoms with Gasteiger partial charge in [0.15, 0.2) is 0 Å². The molecular formula is C16H20N2O2. The Morgan fingerprint density at radius 3 is 2.65 bits per heavy atom. The molecule has 4 nitrogen and oxygen atoms in total. The smallest absolute Gasteiger partial charge is 0.255 e. The minimum atomic E-state index is -0.249. The lowest BCUT2D eigenvalue weighted by molar-refractivity contribution is 0.265. The van der Waals surface area contributed by atoms with E-state index in [0.29, 0.717) is 6.42 Å². The Hall–Kier alpha value is -1.91. The third-order valence-electron chi connectivity index (χ3n) is 3.38. The molecule has 1 aromatic carbocycles. The lowest BCUT2D eigenvalue weighted by Gasteiger charge is -2.13. The van der Waals surface area contributed by atoms with Crippen LogP contribution in [0, 0.1) is 13.8 Å². The number of aliphatic hydroxyl groups excluding tert-OH is 1. The molecule has 0 fully saturated rings. The van der Waals surface area contributed by atoms with E-state index in [1.54, 1.807) is 16.7 Å². The van der Waals surface area contributed by atoms with Crippen LogP contribution in [0.5, 0.6) is 0 Å². The molecule has 0 radical (unpaired) electrons. The van der Waals surface area contributed by atoms with Crippen LogP contribution in [0.25, 0.3) is 5.69 Å². The van der Waals surface area contributed by atoms with Gasteiger partial charge < -0.3 is 10.8 Å². The number of aliphatic hydroxyl groups is 1. The Kier molecular flexibility index (Phi) is 4.37. The van der Waals surface area contributed by atoms with Gasteiger partial charge in [0.25, 0.3) is 5.56 Å². The molecule has 2 rings (SSSR count). The summed E-state index contributed by atoms with van der Waals surface area (Å²) in [5.74, 6) is 0. The number of pyridine rings is 1. The van der Waals surface area contributed by atoms with Crippen LogP contribution in [-0.4, -0.2) is 22.3 Å². The number of aromatic nitrogens is 1. The number of rotatable bonds is 4. The van der Waals surface area contributed by atoms with Crippen LogP contribution in [-0.2, 0) is 6.42 Å². The van der Waals surface area contributed by atoms with E-state index in [1.807, 2.05) is 38.2 Å². The molecule has 0 aliphatic carbocycles. The number of aryl methyl sites for hydroxylation is 2.